The Balaban J connectivity index is 2.09. The molecule has 23 heavy (non-hydrogen) atoms. The second-order valence-electron chi connectivity index (χ2n) is 5.33. The first-order valence-corrected chi connectivity index (χ1v) is 8.62. The molecule has 1 fully saturated rings. The number of sulfonamides is 1. The van der Waals surface area contributed by atoms with Crippen molar-refractivity contribution in [2.45, 2.75) is 24.0 Å². The fourth-order valence-corrected chi connectivity index (χ4v) is 3.31. The van der Waals surface area contributed by atoms with E-state index in [1.54, 1.807) is 6.92 Å². The van der Waals surface area contributed by atoms with Gasteiger partial charge in [0.25, 0.3) is 0 Å². The number of halogens is 3. The molecule has 0 radical (unpaired) electrons. The molecule has 1 atom stereocenters. The van der Waals surface area contributed by atoms with Crippen LogP contribution in [0, 0.1) is 6.92 Å². The number of aryl methyl sites for hydroxylation is 1. The number of pyridine rings is 1. The zero-order valence-corrected chi connectivity index (χ0v) is 13.4. The number of aromatic nitrogens is 1. The number of hydrogen-bond donors (Lipinski definition) is 2. The highest BCUT2D eigenvalue weighted by Gasteiger charge is 2.44. The zero-order valence-electron chi connectivity index (χ0n) is 12.6. The summed E-state index contributed by atoms with van der Waals surface area (Å²) in [6.45, 7) is 2.30. The summed E-state index contributed by atoms with van der Waals surface area (Å²) in [5, 5.41) is 2.97. The van der Waals surface area contributed by atoms with Crippen LogP contribution >= 0.6 is 0 Å². The summed E-state index contributed by atoms with van der Waals surface area (Å²) in [5.74, 6) is 0. The van der Waals surface area contributed by atoms with Crippen molar-refractivity contribution in [2.24, 2.45) is 0 Å². The molecule has 0 aliphatic carbocycles. The van der Waals surface area contributed by atoms with Crippen LogP contribution in [0.1, 0.15) is 5.69 Å². The largest absolute Gasteiger partial charge is 0.405 e. The van der Waals surface area contributed by atoms with Crippen molar-refractivity contribution in [1.82, 2.24) is 19.9 Å². The number of hydrogen-bond acceptors (Lipinski definition) is 5. The van der Waals surface area contributed by atoms with Crippen molar-refractivity contribution in [3.63, 3.8) is 0 Å². The maximum Gasteiger partial charge on any atom is 0.405 e. The van der Waals surface area contributed by atoms with Crippen molar-refractivity contribution >= 4 is 10.0 Å². The van der Waals surface area contributed by atoms with Gasteiger partial charge in [0.15, 0.2) is 0 Å². The van der Waals surface area contributed by atoms with E-state index >= 15 is 0 Å². The molecule has 0 amide bonds. The molecule has 1 unspecified atom stereocenters. The monoisotopic (exact) mass is 352 g/mol. The van der Waals surface area contributed by atoms with Crippen LogP contribution in [0.15, 0.2) is 23.2 Å². The van der Waals surface area contributed by atoms with Crippen molar-refractivity contribution < 1.29 is 21.6 Å². The lowest BCUT2D eigenvalue weighted by Gasteiger charge is -2.35. The third-order valence-electron chi connectivity index (χ3n) is 3.63. The predicted octanol–water partition coefficient (Wildman–Crippen LogP) is 0.504. The summed E-state index contributed by atoms with van der Waals surface area (Å²) in [7, 11) is -4.03. The summed E-state index contributed by atoms with van der Waals surface area (Å²) in [6, 6.07) is 0.960. The third-order valence-corrected chi connectivity index (χ3v) is 5.04. The first-order chi connectivity index (χ1) is 10.7. The van der Waals surface area contributed by atoms with Crippen LogP contribution in [0.25, 0.3) is 0 Å². The van der Waals surface area contributed by atoms with Crippen molar-refractivity contribution in [1.29, 1.82) is 0 Å². The van der Waals surface area contributed by atoms with E-state index in [0.29, 0.717) is 18.8 Å². The molecule has 0 saturated carbocycles. The van der Waals surface area contributed by atoms with Crippen LogP contribution < -0.4 is 10.0 Å². The highest BCUT2D eigenvalue weighted by atomic mass is 32.2. The van der Waals surface area contributed by atoms with E-state index in [9.17, 15) is 21.6 Å². The Morgan fingerprint density at radius 2 is 2.00 bits per heavy atom. The quantitative estimate of drug-likeness (QED) is 0.808. The van der Waals surface area contributed by atoms with Gasteiger partial charge in [-0.3, -0.25) is 9.88 Å². The van der Waals surface area contributed by atoms with Crippen molar-refractivity contribution in [3.05, 3.63) is 24.0 Å². The molecular weight excluding hydrogens is 333 g/mol. The number of nitrogens with one attached hydrogen (secondary N) is 2. The highest BCUT2D eigenvalue weighted by molar-refractivity contribution is 7.89. The molecule has 0 aromatic carbocycles. The normalized spacial score (nSPS) is 18.8. The van der Waals surface area contributed by atoms with Gasteiger partial charge in [0.1, 0.15) is 10.9 Å². The molecule has 6 nitrogen and oxygen atoms in total. The molecule has 1 saturated heterocycles. The Kier molecular flexibility index (Phi) is 5.61. The van der Waals surface area contributed by atoms with Crippen LogP contribution in [0.4, 0.5) is 13.2 Å². The van der Waals surface area contributed by atoms with Crippen LogP contribution in [-0.4, -0.2) is 63.2 Å². The fourth-order valence-electron chi connectivity index (χ4n) is 2.33. The summed E-state index contributed by atoms with van der Waals surface area (Å²) in [6.07, 6.45) is -3.38. The smallest absolute Gasteiger partial charge is 0.314 e. The van der Waals surface area contributed by atoms with Crippen molar-refractivity contribution in [3.8, 4) is 0 Å². The van der Waals surface area contributed by atoms with E-state index in [0.717, 1.165) is 6.20 Å². The SMILES string of the molecule is Cc1ccc(S(=O)(=O)NCC(N2CCNCC2)C(F)(F)F)cn1. The Hall–Kier alpha value is -1.23. The molecule has 1 aromatic heterocycles. The average molecular weight is 352 g/mol. The van der Waals surface area contributed by atoms with Gasteiger partial charge >= 0.3 is 6.18 Å². The van der Waals surface area contributed by atoms with Gasteiger partial charge in [-0.2, -0.15) is 13.2 Å². The lowest BCUT2D eigenvalue weighted by Crippen LogP contribution is -2.57. The molecule has 0 spiro atoms. The lowest BCUT2D eigenvalue weighted by molar-refractivity contribution is -0.182. The van der Waals surface area contributed by atoms with Crippen LogP contribution in [0.5, 0.6) is 0 Å². The summed E-state index contributed by atoms with van der Waals surface area (Å²) < 4.78 is 65.9. The predicted molar refractivity (Wildman–Crippen MR) is 78.4 cm³/mol. The molecule has 10 heteroatoms. The molecule has 2 heterocycles. The molecule has 0 bridgehead atoms. The summed E-state index contributed by atoms with van der Waals surface area (Å²) in [5.41, 5.74) is 0.623. The average Bonchev–Trinajstić information content (AvgIpc) is 2.47. The second kappa shape index (κ2) is 7.12. The van der Waals surface area contributed by atoms with E-state index in [2.05, 4.69) is 10.3 Å². The molecule has 1 aliphatic heterocycles. The first kappa shape index (κ1) is 18.1. The van der Waals surface area contributed by atoms with Gasteiger partial charge in [-0.15, -0.1) is 0 Å². The number of rotatable bonds is 5. The maximum absolute atomic E-state index is 13.2. The number of piperazine rings is 1. The minimum Gasteiger partial charge on any atom is -0.314 e. The molecule has 1 aliphatic rings. The second-order valence-corrected chi connectivity index (χ2v) is 7.10. The Bertz CT molecular complexity index is 613. The maximum atomic E-state index is 13.2. The molecule has 1 aromatic rings. The van der Waals surface area contributed by atoms with Crippen LogP contribution in [-0.2, 0) is 10.0 Å². The van der Waals surface area contributed by atoms with E-state index in [4.69, 9.17) is 0 Å². The molecule has 2 N–H and O–H groups in total. The van der Waals surface area contributed by atoms with Crippen LogP contribution in [0.2, 0.25) is 0 Å². The van der Waals surface area contributed by atoms with E-state index in [-0.39, 0.29) is 18.0 Å². The molecule has 2 rings (SSSR count). The van der Waals surface area contributed by atoms with Gasteiger partial charge in [0.2, 0.25) is 10.0 Å². The van der Waals surface area contributed by atoms with E-state index in [1.807, 2.05) is 4.72 Å². The minimum absolute atomic E-state index is 0.149. The molecular formula is C13H19F3N4O2S. The van der Waals surface area contributed by atoms with Gasteiger partial charge < -0.3 is 5.32 Å². The van der Waals surface area contributed by atoms with Gasteiger partial charge in [0.05, 0.1) is 0 Å². The zero-order chi connectivity index (χ0) is 17.1. The third kappa shape index (κ3) is 4.87. The van der Waals surface area contributed by atoms with Gasteiger partial charge in [-0.05, 0) is 19.1 Å². The van der Waals surface area contributed by atoms with Gasteiger partial charge in [0, 0.05) is 44.6 Å². The van der Waals surface area contributed by atoms with E-state index in [1.165, 1.54) is 17.0 Å². The van der Waals surface area contributed by atoms with E-state index < -0.39 is 28.8 Å². The topological polar surface area (TPSA) is 74.3 Å². The molecule has 130 valence electrons. The minimum atomic E-state index is -4.51. The summed E-state index contributed by atoms with van der Waals surface area (Å²) in [4.78, 5) is 4.94. The highest BCUT2D eigenvalue weighted by Crippen LogP contribution is 2.25. The number of alkyl halides is 3. The fraction of sp³-hybridized carbons (Fsp3) is 0.615. The Morgan fingerprint density at radius 1 is 1.35 bits per heavy atom. The van der Waals surface area contributed by atoms with Gasteiger partial charge in [-0.25, -0.2) is 13.1 Å². The van der Waals surface area contributed by atoms with Crippen LogP contribution in [0.3, 0.4) is 0 Å². The Morgan fingerprint density at radius 3 is 2.52 bits per heavy atom. The summed E-state index contributed by atoms with van der Waals surface area (Å²) >= 11 is 0. The Labute approximate surface area is 133 Å². The van der Waals surface area contributed by atoms with Gasteiger partial charge in [-0.1, -0.05) is 0 Å². The standard InChI is InChI=1S/C13H19F3N4O2S/c1-10-2-3-11(8-18-10)23(21,22)19-9-12(13(14,15)16)20-6-4-17-5-7-20/h2-3,8,12,17,19H,4-7,9H2,1H3. The van der Waals surface area contributed by atoms with Crippen molar-refractivity contribution in [2.75, 3.05) is 32.7 Å². The lowest BCUT2D eigenvalue weighted by atomic mass is 10.2. The number of nitrogens with zero attached hydrogens (tertiary/aromatic N) is 2. The first-order valence-electron chi connectivity index (χ1n) is 7.14.